The molecule has 0 atom stereocenters. The number of fused-ring (bicyclic) bond motifs is 1. The van der Waals surface area contributed by atoms with Crippen molar-refractivity contribution >= 4 is 45.2 Å². The number of thiazole rings is 1. The number of hydrogen-bond donors (Lipinski definition) is 0. The van der Waals surface area contributed by atoms with Crippen LogP contribution in [0.1, 0.15) is 30.9 Å². The number of aryl methyl sites for hydroxylation is 2. The van der Waals surface area contributed by atoms with Gasteiger partial charge in [0.2, 0.25) is 11.8 Å². The zero-order valence-corrected chi connectivity index (χ0v) is 16.8. The van der Waals surface area contributed by atoms with Gasteiger partial charge in [-0.3, -0.25) is 24.1 Å². The average molecular weight is 403 g/mol. The van der Waals surface area contributed by atoms with Gasteiger partial charge >= 0.3 is 5.97 Å². The van der Waals surface area contributed by atoms with E-state index in [9.17, 15) is 19.2 Å². The first-order valence-corrected chi connectivity index (χ1v) is 9.78. The van der Waals surface area contributed by atoms with Crippen molar-refractivity contribution in [3.05, 3.63) is 28.1 Å². The van der Waals surface area contributed by atoms with Gasteiger partial charge < -0.3 is 9.30 Å². The number of carbonyl (C=O) groups excluding carboxylic acids is 4. The van der Waals surface area contributed by atoms with Crippen LogP contribution in [0.25, 0.3) is 10.2 Å². The maximum absolute atomic E-state index is 12.4. The minimum absolute atomic E-state index is 0.0789. The molecule has 9 heteroatoms. The molecule has 1 saturated heterocycles. The van der Waals surface area contributed by atoms with Crippen LogP contribution in [-0.2, 0) is 30.5 Å². The molecule has 3 amide bonds. The first-order chi connectivity index (χ1) is 13.3. The third-order valence-corrected chi connectivity index (χ3v) is 5.60. The van der Waals surface area contributed by atoms with Crippen LogP contribution in [0.4, 0.5) is 0 Å². The number of likely N-dealkylation sites (tertiary alicyclic amines) is 1. The summed E-state index contributed by atoms with van der Waals surface area (Å²) in [6.45, 7) is 5.42. The van der Waals surface area contributed by atoms with Crippen molar-refractivity contribution in [2.45, 2.75) is 40.2 Å². The van der Waals surface area contributed by atoms with E-state index in [2.05, 4.69) is 4.99 Å². The largest absolute Gasteiger partial charge is 0.465 e. The number of amides is 3. The van der Waals surface area contributed by atoms with Gasteiger partial charge in [-0.1, -0.05) is 17.4 Å². The molecule has 0 unspecified atom stereocenters. The minimum Gasteiger partial charge on any atom is -0.465 e. The van der Waals surface area contributed by atoms with E-state index < -0.39 is 11.9 Å². The Balaban J connectivity index is 2.03. The Bertz CT molecular complexity index is 1030. The van der Waals surface area contributed by atoms with Gasteiger partial charge in [-0.25, -0.2) is 0 Å². The monoisotopic (exact) mass is 403 g/mol. The molecule has 1 aromatic carbocycles. The molecule has 0 saturated carbocycles. The second-order valence-electron chi connectivity index (χ2n) is 6.59. The first kappa shape index (κ1) is 19.9. The second-order valence-corrected chi connectivity index (χ2v) is 7.56. The van der Waals surface area contributed by atoms with Crippen LogP contribution in [0, 0.1) is 13.8 Å². The zero-order valence-electron chi connectivity index (χ0n) is 16.0. The molecule has 2 heterocycles. The lowest BCUT2D eigenvalue weighted by atomic mass is 10.1. The fourth-order valence-corrected chi connectivity index (χ4v) is 4.26. The van der Waals surface area contributed by atoms with Gasteiger partial charge in [0, 0.05) is 12.8 Å². The zero-order chi connectivity index (χ0) is 20.4. The van der Waals surface area contributed by atoms with Gasteiger partial charge in [0.15, 0.2) is 4.80 Å². The number of benzene rings is 1. The van der Waals surface area contributed by atoms with E-state index in [1.165, 1.54) is 11.3 Å². The molecule has 0 spiro atoms. The molecule has 3 rings (SSSR count). The molecule has 1 aliphatic heterocycles. The molecule has 148 valence electrons. The molecule has 8 nitrogen and oxygen atoms in total. The maximum Gasteiger partial charge on any atom is 0.326 e. The second kappa shape index (κ2) is 8.05. The van der Waals surface area contributed by atoms with Crippen molar-refractivity contribution in [2.24, 2.45) is 4.99 Å². The van der Waals surface area contributed by atoms with Crippen LogP contribution < -0.4 is 4.80 Å². The van der Waals surface area contributed by atoms with Gasteiger partial charge in [0.05, 0.1) is 16.8 Å². The SMILES string of the molecule is CCOC(=O)Cn1c(=NC(=O)CN2C(=O)CCC2=O)sc2c(C)cc(C)cc21. The summed E-state index contributed by atoms with van der Waals surface area (Å²) in [4.78, 5) is 53.3. The molecule has 28 heavy (non-hydrogen) atoms. The van der Waals surface area contributed by atoms with Crippen molar-refractivity contribution in [1.29, 1.82) is 0 Å². The Labute approximate surface area is 165 Å². The van der Waals surface area contributed by atoms with Crippen molar-refractivity contribution < 1.29 is 23.9 Å². The average Bonchev–Trinajstić information content (AvgIpc) is 3.10. The van der Waals surface area contributed by atoms with Crippen LogP contribution in [-0.4, -0.2) is 46.3 Å². The summed E-state index contributed by atoms with van der Waals surface area (Å²) < 4.78 is 7.60. The van der Waals surface area contributed by atoms with Gasteiger partial charge in [-0.05, 0) is 38.0 Å². The van der Waals surface area contributed by atoms with E-state index in [0.717, 1.165) is 26.2 Å². The molecule has 0 N–H and O–H groups in total. The number of carbonyl (C=O) groups is 4. The molecule has 1 fully saturated rings. The quantitative estimate of drug-likeness (QED) is 0.556. The Morgan fingerprint density at radius 1 is 1.14 bits per heavy atom. The molecule has 1 aliphatic rings. The van der Waals surface area contributed by atoms with Crippen LogP contribution >= 0.6 is 11.3 Å². The van der Waals surface area contributed by atoms with Gasteiger partial charge in [0.1, 0.15) is 13.1 Å². The minimum atomic E-state index is -0.609. The number of esters is 1. The summed E-state index contributed by atoms with van der Waals surface area (Å²) in [5.41, 5.74) is 2.82. The lowest BCUT2D eigenvalue weighted by molar-refractivity contribution is -0.144. The first-order valence-electron chi connectivity index (χ1n) is 8.97. The third-order valence-electron chi connectivity index (χ3n) is 4.38. The molecular weight excluding hydrogens is 382 g/mol. The van der Waals surface area contributed by atoms with Gasteiger partial charge in [0.25, 0.3) is 5.91 Å². The van der Waals surface area contributed by atoms with E-state index in [0.29, 0.717) is 4.80 Å². The Morgan fingerprint density at radius 2 is 1.82 bits per heavy atom. The van der Waals surface area contributed by atoms with Gasteiger partial charge in [-0.2, -0.15) is 4.99 Å². The summed E-state index contributed by atoms with van der Waals surface area (Å²) in [6, 6.07) is 3.94. The lowest BCUT2D eigenvalue weighted by Crippen LogP contribution is -2.34. The van der Waals surface area contributed by atoms with Crippen molar-refractivity contribution in [2.75, 3.05) is 13.2 Å². The highest BCUT2D eigenvalue weighted by Gasteiger charge is 2.30. The highest BCUT2D eigenvalue weighted by atomic mass is 32.1. The smallest absolute Gasteiger partial charge is 0.326 e. The molecular formula is C19H21N3O5S. The summed E-state index contributed by atoms with van der Waals surface area (Å²) in [5.74, 6) is -1.77. The fourth-order valence-electron chi connectivity index (χ4n) is 3.16. The van der Waals surface area contributed by atoms with E-state index in [1.54, 1.807) is 11.5 Å². The predicted octanol–water partition coefficient (Wildman–Crippen LogP) is 1.46. The summed E-state index contributed by atoms with van der Waals surface area (Å²) >= 11 is 1.29. The Hall–Kier alpha value is -2.81. The van der Waals surface area contributed by atoms with Crippen LogP contribution in [0.15, 0.2) is 17.1 Å². The van der Waals surface area contributed by atoms with E-state index >= 15 is 0 Å². The van der Waals surface area contributed by atoms with E-state index in [-0.39, 0.29) is 44.4 Å². The predicted molar refractivity (Wildman–Crippen MR) is 102 cm³/mol. The summed E-state index contributed by atoms with van der Waals surface area (Å²) in [6.07, 6.45) is 0.243. The summed E-state index contributed by atoms with van der Waals surface area (Å²) in [5, 5.41) is 0. The molecule has 2 aromatic rings. The highest BCUT2D eigenvalue weighted by Crippen LogP contribution is 2.23. The van der Waals surface area contributed by atoms with Gasteiger partial charge in [-0.15, -0.1) is 0 Å². The van der Waals surface area contributed by atoms with Crippen LogP contribution in [0.2, 0.25) is 0 Å². The number of ether oxygens (including phenoxy) is 1. The van der Waals surface area contributed by atoms with E-state index in [4.69, 9.17) is 4.74 Å². The number of imide groups is 1. The third kappa shape index (κ3) is 4.04. The molecule has 1 aromatic heterocycles. The highest BCUT2D eigenvalue weighted by molar-refractivity contribution is 7.16. The number of aromatic nitrogens is 1. The van der Waals surface area contributed by atoms with Crippen molar-refractivity contribution in [3.63, 3.8) is 0 Å². The fraction of sp³-hybridized carbons (Fsp3) is 0.421. The molecule has 0 bridgehead atoms. The number of rotatable bonds is 5. The van der Waals surface area contributed by atoms with Crippen molar-refractivity contribution in [3.8, 4) is 0 Å². The normalized spacial score (nSPS) is 15.0. The number of hydrogen-bond acceptors (Lipinski definition) is 6. The van der Waals surface area contributed by atoms with Crippen LogP contribution in [0.5, 0.6) is 0 Å². The summed E-state index contributed by atoms with van der Waals surface area (Å²) in [7, 11) is 0. The topological polar surface area (TPSA) is 98.0 Å². The van der Waals surface area contributed by atoms with Crippen molar-refractivity contribution in [1.82, 2.24) is 9.47 Å². The van der Waals surface area contributed by atoms with Crippen LogP contribution in [0.3, 0.4) is 0 Å². The Morgan fingerprint density at radius 3 is 2.46 bits per heavy atom. The lowest BCUT2D eigenvalue weighted by Gasteiger charge is -2.10. The molecule has 0 radical (unpaired) electrons. The van der Waals surface area contributed by atoms with E-state index in [1.807, 2.05) is 26.0 Å². The standard InChI is InChI=1S/C19H21N3O5S/c1-4-27-17(26)10-21-13-8-11(2)7-12(3)18(13)28-19(21)20-14(23)9-22-15(24)5-6-16(22)25/h7-8H,4-6,9-10H2,1-3H3. The maximum atomic E-state index is 12.4. The Kier molecular flexibility index (Phi) is 5.73. The number of nitrogens with zero attached hydrogens (tertiary/aromatic N) is 3. The molecule has 0 aliphatic carbocycles.